The summed E-state index contributed by atoms with van der Waals surface area (Å²) in [5.41, 5.74) is 0. The van der Waals surface area contributed by atoms with Gasteiger partial charge in [-0.15, -0.1) is 0 Å². The van der Waals surface area contributed by atoms with Crippen LogP contribution in [-0.2, 0) is 23.7 Å². The van der Waals surface area contributed by atoms with Crippen LogP contribution in [0.4, 0.5) is 0 Å². The average Bonchev–Trinajstić information content (AvgIpc) is 1.41. The Morgan fingerprint density at radius 3 is 1.60 bits per heavy atom. The van der Waals surface area contributed by atoms with Gasteiger partial charge in [0.25, 0.3) is 0 Å². The van der Waals surface area contributed by atoms with Gasteiger partial charge in [-0.3, -0.25) is 0 Å². The number of hydrogen-bond acceptors (Lipinski definition) is 2. The van der Waals surface area contributed by atoms with Crippen LogP contribution in [0.5, 0.6) is 0 Å². The maximum Gasteiger partial charge on any atom is 0.0898 e. The van der Waals surface area contributed by atoms with Crippen LogP contribution in [0.2, 0.25) is 0 Å². The maximum atomic E-state index is 9.18. The van der Waals surface area contributed by atoms with E-state index in [9.17, 15) is 8.42 Å². The lowest BCUT2D eigenvalue weighted by atomic mass is 13.9. The first kappa shape index (κ1) is 5.26. The predicted molar refractivity (Wildman–Crippen MR) is 22.2 cm³/mol. The Balaban J connectivity index is 2.65. The Kier molecular flexibility index (Phi) is 4.48. The van der Waals surface area contributed by atoms with E-state index in [-0.39, 0.29) is 23.7 Å². The minimum Gasteiger partial charge on any atom is -0.245 e. The Labute approximate surface area is 37.0 Å². The van der Waals surface area contributed by atoms with Crippen LogP contribution in [0.25, 0.3) is 0 Å². The highest BCUT2D eigenvalue weighted by atomic mass is 32.2. The molecule has 0 aliphatic heterocycles. The molecule has 0 bridgehead atoms. The standard InChI is InChI=1S/H3NO2S2/c2-4-1-5-3/h4-5H,(H,1,2,3). The van der Waals surface area contributed by atoms with Crippen LogP contribution in [0, 0.1) is 0 Å². The summed E-state index contributed by atoms with van der Waals surface area (Å²) in [5.74, 6) is 0. The minimum absolute atomic E-state index is 0.295. The number of hydrogen-bond donors (Lipinski definition) is 3. The van der Waals surface area contributed by atoms with E-state index in [0.717, 1.165) is 0 Å². The lowest BCUT2D eigenvalue weighted by Crippen LogP contribution is -1.94. The smallest absolute Gasteiger partial charge is 0.0898 e. The zero-order chi connectivity index (χ0) is 4.12. The van der Waals surface area contributed by atoms with Gasteiger partial charge in [0.2, 0.25) is 0 Å². The minimum atomic E-state index is -0.295. The molecule has 5 heteroatoms. The topological polar surface area (TPSA) is 46.2 Å². The van der Waals surface area contributed by atoms with Crippen molar-refractivity contribution in [2.75, 3.05) is 0 Å². The van der Waals surface area contributed by atoms with E-state index in [1.165, 1.54) is 0 Å². The first-order chi connectivity index (χ1) is 2.41. The summed E-state index contributed by atoms with van der Waals surface area (Å²) in [6.07, 6.45) is 0. The van der Waals surface area contributed by atoms with Crippen molar-refractivity contribution in [1.82, 2.24) is 4.13 Å². The zero-order valence-corrected chi connectivity index (χ0v) is 4.00. The van der Waals surface area contributed by atoms with E-state index in [0.29, 0.717) is 0 Å². The third-order valence-corrected chi connectivity index (χ3v) is 0.735. The van der Waals surface area contributed by atoms with Gasteiger partial charge in [0.05, 0.1) is 23.7 Å². The molecule has 0 aromatic heterocycles. The number of nitrogens with one attached hydrogen (secondary N) is 1. The normalized spacial score (nSPS) is 8.00. The third kappa shape index (κ3) is 4.26. The number of rotatable bonds is 2. The predicted octanol–water partition coefficient (Wildman–Crippen LogP) is -1.70. The van der Waals surface area contributed by atoms with Crippen molar-refractivity contribution < 1.29 is 8.42 Å². The van der Waals surface area contributed by atoms with Gasteiger partial charge in [-0.25, -0.2) is 8.42 Å². The summed E-state index contributed by atoms with van der Waals surface area (Å²) in [7, 11) is 0. The maximum absolute atomic E-state index is 9.18. The molecule has 0 saturated heterocycles. The molecule has 0 aromatic carbocycles. The second-order valence-corrected chi connectivity index (χ2v) is 1.45. The Hall–Kier alpha value is 0.260. The molecule has 5 heavy (non-hydrogen) atoms. The zero-order valence-electron chi connectivity index (χ0n) is 2.21. The van der Waals surface area contributed by atoms with Gasteiger partial charge in [-0.05, 0) is 0 Å². The van der Waals surface area contributed by atoms with Gasteiger partial charge in [-0.1, -0.05) is 0 Å². The molecule has 0 aromatic rings. The van der Waals surface area contributed by atoms with Gasteiger partial charge in [-0.2, -0.15) is 4.13 Å². The Morgan fingerprint density at radius 2 is 1.60 bits per heavy atom. The molecule has 0 heterocycles. The summed E-state index contributed by atoms with van der Waals surface area (Å²) in [4.78, 5) is 0. The van der Waals surface area contributed by atoms with E-state index >= 15 is 0 Å². The lowest BCUT2D eigenvalue weighted by Gasteiger charge is -1.63. The SMILES string of the molecule is O=[SH]N[SH]=O. The van der Waals surface area contributed by atoms with E-state index in [4.69, 9.17) is 0 Å². The summed E-state index contributed by atoms with van der Waals surface area (Å²) in [5, 5.41) is 0. The van der Waals surface area contributed by atoms with Crippen molar-refractivity contribution in [3.05, 3.63) is 0 Å². The van der Waals surface area contributed by atoms with Crippen LogP contribution in [0.1, 0.15) is 0 Å². The molecular formula is H3NO2S2. The van der Waals surface area contributed by atoms with Gasteiger partial charge in [0.15, 0.2) is 0 Å². The van der Waals surface area contributed by atoms with Crippen molar-refractivity contribution >= 4 is 23.7 Å². The van der Waals surface area contributed by atoms with Crippen LogP contribution in [0.3, 0.4) is 0 Å². The molecular weight excluding hydrogens is 110 g/mol. The van der Waals surface area contributed by atoms with Crippen molar-refractivity contribution in [3.63, 3.8) is 0 Å². The van der Waals surface area contributed by atoms with Crippen molar-refractivity contribution in [1.29, 1.82) is 0 Å². The van der Waals surface area contributed by atoms with E-state index in [1.807, 2.05) is 4.13 Å². The first-order valence-electron chi connectivity index (χ1n) is 0.812. The quantitative estimate of drug-likeness (QED) is 0.374. The van der Waals surface area contributed by atoms with E-state index in [1.54, 1.807) is 0 Å². The third-order valence-electron chi connectivity index (χ3n) is 0.0816. The molecule has 0 spiro atoms. The molecule has 1 N–H and O–H groups in total. The summed E-state index contributed by atoms with van der Waals surface area (Å²) < 4.78 is 20.3. The molecule has 0 saturated carbocycles. The van der Waals surface area contributed by atoms with Crippen LogP contribution in [-0.4, -0.2) is 8.42 Å². The van der Waals surface area contributed by atoms with Gasteiger partial charge < -0.3 is 0 Å². The second kappa shape index (κ2) is 4.26. The van der Waals surface area contributed by atoms with Crippen LogP contribution in [0.15, 0.2) is 0 Å². The van der Waals surface area contributed by atoms with Gasteiger partial charge >= 0.3 is 0 Å². The van der Waals surface area contributed by atoms with Gasteiger partial charge in [0.1, 0.15) is 0 Å². The molecule has 0 amide bonds. The summed E-state index contributed by atoms with van der Waals surface area (Å²) >= 11 is -0.590. The van der Waals surface area contributed by atoms with Crippen molar-refractivity contribution in [3.8, 4) is 0 Å². The highest BCUT2D eigenvalue weighted by Crippen LogP contribution is 1.30. The molecule has 32 valence electrons. The summed E-state index contributed by atoms with van der Waals surface area (Å²) in [6.45, 7) is 0. The lowest BCUT2D eigenvalue weighted by molar-refractivity contribution is 0.685. The average molecular weight is 113 g/mol. The Bertz CT molecular complexity index is 36.9. The summed E-state index contributed by atoms with van der Waals surface area (Å²) in [6, 6.07) is 0. The molecule has 0 rings (SSSR count). The van der Waals surface area contributed by atoms with Crippen LogP contribution < -0.4 is 4.13 Å². The highest BCUT2D eigenvalue weighted by molar-refractivity contribution is 7.79. The van der Waals surface area contributed by atoms with Crippen molar-refractivity contribution in [2.24, 2.45) is 0 Å². The first-order valence-corrected chi connectivity index (χ1v) is 2.44. The van der Waals surface area contributed by atoms with E-state index in [2.05, 4.69) is 0 Å². The molecule has 0 radical (unpaired) electrons. The van der Waals surface area contributed by atoms with E-state index < -0.39 is 0 Å². The molecule has 0 atom stereocenters. The van der Waals surface area contributed by atoms with Crippen molar-refractivity contribution in [2.45, 2.75) is 0 Å². The van der Waals surface area contributed by atoms with Crippen LogP contribution >= 0.6 is 0 Å². The molecule has 3 nitrogen and oxygen atoms in total. The highest BCUT2D eigenvalue weighted by Gasteiger charge is 1.54. The molecule has 0 aliphatic rings. The fourth-order valence-corrected chi connectivity index (χ4v) is 0.150. The fourth-order valence-electron chi connectivity index (χ4n) is 0.0167. The number of thiol groups is 2. The monoisotopic (exact) mass is 113 g/mol. The Morgan fingerprint density at radius 1 is 1.20 bits per heavy atom. The largest absolute Gasteiger partial charge is 0.245 e. The molecule has 0 fully saturated rings. The second-order valence-electron chi connectivity index (χ2n) is 0.283. The molecule has 0 aliphatic carbocycles. The molecule has 0 unspecified atom stereocenters. The van der Waals surface area contributed by atoms with Gasteiger partial charge in [0, 0.05) is 0 Å². The fraction of sp³-hybridized carbons (Fsp3) is 0.